The summed E-state index contributed by atoms with van der Waals surface area (Å²) in [5.74, 6) is 0.640. The van der Waals surface area contributed by atoms with E-state index in [1.54, 1.807) is 49.4 Å². The van der Waals surface area contributed by atoms with Crippen LogP contribution in [0.25, 0.3) is 16.7 Å². The Balaban J connectivity index is 1.48. The summed E-state index contributed by atoms with van der Waals surface area (Å²) in [7, 11) is 0. The van der Waals surface area contributed by atoms with E-state index >= 15 is 0 Å². The van der Waals surface area contributed by atoms with E-state index in [0.717, 1.165) is 4.57 Å². The fourth-order valence-electron chi connectivity index (χ4n) is 3.41. The van der Waals surface area contributed by atoms with Crippen molar-refractivity contribution in [1.29, 1.82) is 5.41 Å². The van der Waals surface area contributed by atoms with Crippen LogP contribution in [-0.2, 0) is 9.53 Å². The van der Waals surface area contributed by atoms with Crippen LogP contribution in [0, 0.1) is 5.41 Å². The van der Waals surface area contributed by atoms with E-state index in [4.69, 9.17) is 38.1 Å². The van der Waals surface area contributed by atoms with Gasteiger partial charge in [-0.2, -0.15) is 4.98 Å². The van der Waals surface area contributed by atoms with Gasteiger partial charge in [0.25, 0.3) is 0 Å². The van der Waals surface area contributed by atoms with E-state index in [9.17, 15) is 9.59 Å². The Labute approximate surface area is 215 Å². The Morgan fingerprint density at radius 2 is 1.89 bits per heavy atom. The van der Waals surface area contributed by atoms with Gasteiger partial charge in [-0.15, -0.1) is 0 Å². The maximum atomic E-state index is 12.8. The lowest BCUT2D eigenvalue weighted by molar-refractivity contribution is -0.143. The molecule has 0 fully saturated rings. The number of para-hydroxylation sites is 1. The van der Waals surface area contributed by atoms with Crippen LogP contribution >= 0.6 is 23.2 Å². The number of benzene rings is 2. The topological polar surface area (TPSA) is 135 Å². The van der Waals surface area contributed by atoms with Crippen LogP contribution in [0.3, 0.4) is 0 Å². The van der Waals surface area contributed by atoms with Gasteiger partial charge < -0.3 is 14.8 Å². The van der Waals surface area contributed by atoms with Crippen LogP contribution < -0.4 is 21.2 Å². The zero-order valence-corrected chi connectivity index (χ0v) is 20.7. The van der Waals surface area contributed by atoms with E-state index in [1.807, 2.05) is 0 Å². The number of nitrogens with one attached hydrogen (secondary N) is 3. The number of carbonyl (C=O) groups is 1. The van der Waals surface area contributed by atoms with Crippen LogP contribution in [0.4, 0.5) is 11.6 Å². The second kappa shape index (κ2) is 11.2. The molecule has 0 saturated carbocycles. The van der Waals surface area contributed by atoms with Gasteiger partial charge in [-0.25, -0.2) is 14.3 Å². The second-order valence-corrected chi connectivity index (χ2v) is 8.36. The number of aromatic nitrogens is 4. The number of rotatable bonds is 9. The molecule has 10 nitrogen and oxygen atoms in total. The molecule has 0 bridgehead atoms. The minimum absolute atomic E-state index is 0.153. The van der Waals surface area contributed by atoms with Crippen molar-refractivity contribution in [2.45, 2.75) is 19.8 Å². The second-order valence-electron chi connectivity index (χ2n) is 7.55. The predicted octanol–water partition coefficient (Wildman–Crippen LogP) is 4.36. The van der Waals surface area contributed by atoms with Crippen LogP contribution in [0.2, 0.25) is 10.0 Å². The SMILES string of the molecule is CCOC(=O)CCCOc1ccc(Nc2ncc3c(=N)n(-c4c(Cl)cccc4Cl)c(=O)[nH]c3n2)cc1. The predicted molar refractivity (Wildman–Crippen MR) is 136 cm³/mol. The largest absolute Gasteiger partial charge is 0.494 e. The molecule has 186 valence electrons. The van der Waals surface area contributed by atoms with Crippen molar-refractivity contribution in [3.05, 3.63) is 74.7 Å². The highest BCUT2D eigenvalue weighted by atomic mass is 35.5. The number of hydrogen-bond acceptors (Lipinski definition) is 8. The van der Waals surface area contributed by atoms with Gasteiger partial charge in [0.15, 0.2) is 5.65 Å². The monoisotopic (exact) mass is 528 g/mol. The number of H-pyrrole nitrogens is 1. The Hall–Kier alpha value is -3.89. The number of esters is 1. The first-order valence-electron chi connectivity index (χ1n) is 11.0. The van der Waals surface area contributed by atoms with Crippen LogP contribution in [0.5, 0.6) is 5.75 Å². The molecule has 12 heteroatoms. The Morgan fingerprint density at radius 1 is 1.17 bits per heavy atom. The smallest absolute Gasteiger partial charge is 0.333 e. The van der Waals surface area contributed by atoms with Crippen molar-refractivity contribution in [3.63, 3.8) is 0 Å². The van der Waals surface area contributed by atoms with Crippen molar-refractivity contribution >= 4 is 51.8 Å². The van der Waals surface area contributed by atoms with E-state index in [2.05, 4.69) is 20.3 Å². The molecule has 36 heavy (non-hydrogen) atoms. The van der Waals surface area contributed by atoms with Crippen molar-refractivity contribution in [2.75, 3.05) is 18.5 Å². The Bertz CT molecular complexity index is 1500. The summed E-state index contributed by atoms with van der Waals surface area (Å²) in [5, 5.41) is 12.4. The molecular formula is C24H22Cl2N6O4. The minimum atomic E-state index is -0.614. The fraction of sp³-hybridized carbons (Fsp3) is 0.208. The number of anilines is 2. The molecule has 0 unspecified atom stereocenters. The first-order valence-corrected chi connectivity index (χ1v) is 11.8. The molecule has 0 aliphatic heterocycles. The van der Waals surface area contributed by atoms with Crippen LogP contribution in [-0.4, -0.2) is 38.7 Å². The summed E-state index contributed by atoms with van der Waals surface area (Å²) in [5.41, 5.74) is 0.315. The number of halogens is 2. The van der Waals surface area contributed by atoms with E-state index in [1.165, 1.54) is 6.20 Å². The van der Waals surface area contributed by atoms with Crippen molar-refractivity contribution in [3.8, 4) is 11.4 Å². The van der Waals surface area contributed by atoms with Crippen LogP contribution in [0.1, 0.15) is 19.8 Å². The fourth-order valence-corrected chi connectivity index (χ4v) is 3.98. The number of aromatic amines is 1. The lowest BCUT2D eigenvalue weighted by atomic mass is 10.3. The maximum Gasteiger partial charge on any atom is 0.333 e. The van der Waals surface area contributed by atoms with Gasteiger partial charge in [-0.1, -0.05) is 29.3 Å². The lowest BCUT2D eigenvalue weighted by Gasteiger charge is -2.12. The van der Waals surface area contributed by atoms with E-state index in [0.29, 0.717) is 42.9 Å². The average Bonchev–Trinajstić information content (AvgIpc) is 2.84. The lowest BCUT2D eigenvalue weighted by Crippen LogP contribution is -2.34. The summed E-state index contributed by atoms with van der Waals surface area (Å²) in [4.78, 5) is 35.4. The van der Waals surface area contributed by atoms with Gasteiger partial charge in [0.2, 0.25) is 5.95 Å². The molecule has 0 spiro atoms. The van der Waals surface area contributed by atoms with Crippen molar-refractivity contribution in [2.24, 2.45) is 0 Å². The normalized spacial score (nSPS) is 10.9. The van der Waals surface area contributed by atoms with Gasteiger partial charge in [0, 0.05) is 18.3 Å². The number of carbonyl (C=O) groups excluding carboxylic acids is 1. The van der Waals surface area contributed by atoms with Gasteiger partial charge in [-0.3, -0.25) is 15.2 Å². The highest BCUT2D eigenvalue weighted by Crippen LogP contribution is 2.26. The zero-order valence-electron chi connectivity index (χ0n) is 19.2. The molecule has 0 radical (unpaired) electrons. The first kappa shape index (κ1) is 25.2. The molecule has 2 heterocycles. The summed E-state index contributed by atoms with van der Waals surface area (Å²) in [6, 6.07) is 11.9. The van der Waals surface area contributed by atoms with Crippen LogP contribution in [0.15, 0.2) is 53.5 Å². The molecule has 4 aromatic rings. The summed E-state index contributed by atoms with van der Waals surface area (Å²) in [6.07, 6.45) is 2.30. The molecule has 0 aliphatic rings. The average molecular weight is 529 g/mol. The third-order valence-corrected chi connectivity index (χ3v) is 5.68. The van der Waals surface area contributed by atoms with Gasteiger partial charge in [0.1, 0.15) is 11.2 Å². The van der Waals surface area contributed by atoms with E-state index < -0.39 is 5.69 Å². The molecule has 0 saturated heterocycles. The molecule has 2 aromatic carbocycles. The maximum absolute atomic E-state index is 12.8. The third kappa shape index (κ3) is 5.67. The quantitative estimate of drug-likeness (QED) is 0.217. The Kier molecular flexibility index (Phi) is 7.87. The molecule has 0 amide bonds. The summed E-state index contributed by atoms with van der Waals surface area (Å²) >= 11 is 12.5. The molecule has 3 N–H and O–H groups in total. The number of ether oxygens (including phenoxy) is 2. The van der Waals surface area contributed by atoms with Gasteiger partial charge >= 0.3 is 11.7 Å². The summed E-state index contributed by atoms with van der Waals surface area (Å²) in [6.45, 7) is 2.53. The molecular weight excluding hydrogens is 507 g/mol. The Morgan fingerprint density at radius 3 is 2.58 bits per heavy atom. The first-order chi connectivity index (χ1) is 17.4. The number of nitrogens with zero attached hydrogens (tertiary/aromatic N) is 3. The van der Waals surface area contributed by atoms with Crippen molar-refractivity contribution in [1.82, 2.24) is 19.5 Å². The standard InChI is InChI=1S/C24H22Cl2N6O4/c1-2-35-19(33)7-4-12-36-15-10-8-14(9-11-15)29-23-28-13-16-21(27)32(24(34)31-22(16)30-23)20-17(25)5-3-6-18(20)26/h3,5-6,8-11,13,27H,2,4,7,12H2,1H3,(H2,28,29,30,31,34). The van der Waals surface area contributed by atoms with Gasteiger partial charge in [0.05, 0.1) is 34.3 Å². The van der Waals surface area contributed by atoms with Gasteiger partial charge in [-0.05, 0) is 49.7 Å². The summed E-state index contributed by atoms with van der Waals surface area (Å²) < 4.78 is 11.6. The molecule has 0 aliphatic carbocycles. The zero-order chi connectivity index (χ0) is 25.7. The highest BCUT2D eigenvalue weighted by molar-refractivity contribution is 6.37. The molecule has 2 aromatic heterocycles. The third-order valence-electron chi connectivity index (χ3n) is 5.07. The van der Waals surface area contributed by atoms with E-state index in [-0.39, 0.29) is 38.8 Å². The number of fused-ring (bicyclic) bond motifs is 1. The molecule has 4 rings (SSSR count). The number of hydrogen-bond donors (Lipinski definition) is 3. The molecule has 0 atom stereocenters. The van der Waals surface area contributed by atoms with Crippen molar-refractivity contribution < 1.29 is 14.3 Å². The minimum Gasteiger partial charge on any atom is -0.494 e. The highest BCUT2D eigenvalue weighted by Gasteiger charge is 2.15.